The van der Waals surface area contributed by atoms with E-state index in [-0.39, 0.29) is 11.9 Å². The lowest BCUT2D eigenvalue weighted by molar-refractivity contribution is 0.0963. The molecule has 0 aliphatic carbocycles. The molecule has 2 N–H and O–H groups in total. The van der Waals surface area contributed by atoms with Gasteiger partial charge in [0, 0.05) is 44.5 Å². The first-order chi connectivity index (χ1) is 13.0. The van der Waals surface area contributed by atoms with Gasteiger partial charge in [-0.05, 0) is 37.3 Å². The molecule has 1 aliphatic heterocycles. The normalized spacial score (nSPS) is 14.0. The van der Waals surface area contributed by atoms with E-state index in [2.05, 4.69) is 20.5 Å². The first kappa shape index (κ1) is 19.0. The zero-order valence-corrected chi connectivity index (χ0v) is 16.1. The van der Waals surface area contributed by atoms with Crippen LogP contribution in [0.3, 0.4) is 0 Å². The lowest BCUT2D eigenvalue weighted by Crippen LogP contribution is -2.50. The van der Waals surface area contributed by atoms with Crippen molar-refractivity contribution < 1.29 is 9.59 Å². The highest BCUT2D eigenvalue weighted by atomic mass is 35.5. The summed E-state index contributed by atoms with van der Waals surface area (Å²) in [6.45, 7) is 4.53. The van der Waals surface area contributed by atoms with Crippen LogP contribution in [0.25, 0.3) is 0 Å². The smallest absolute Gasteiger partial charge is 0.322 e. The number of rotatable bonds is 3. The average Bonchev–Trinajstić information content (AvgIpc) is 2.69. The number of aromatic nitrogens is 1. The largest absolute Gasteiger partial charge is 0.355 e. The van der Waals surface area contributed by atoms with Gasteiger partial charge in [-0.3, -0.25) is 4.79 Å². The molecule has 1 aromatic carbocycles. The van der Waals surface area contributed by atoms with Gasteiger partial charge < -0.3 is 20.4 Å². The van der Waals surface area contributed by atoms with Gasteiger partial charge in [0.05, 0.1) is 10.7 Å². The van der Waals surface area contributed by atoms with Gasteiger partial charge in [-0.2, -0.15) is 0 Å². The van der Waals surface area contributed by atoms with Crippen molar-refractivity contribution in [1.29, 1.82) is 0 Å². The number of pyridine rings is 1. The zero-order chi connectivity index (χ0) is 19.4. The molecule has 3 amide bonds. The van der Waals surface area contributed by atoms with E-state index >= 15 is 0 Å². The molecule has 0 spiro atoms. The monoisotopic (exact) mass is 387 g/mol. The summed E-state index contributed by atoms with van der Waals surface area (Å²) < 4.78 is 0. The van der Waals surface area contributed by atoms with Crippen molar-refractivity contribution in [2.75, 3.05) is 43.4 Å². The van der Waals surface area contributed by atoms with Crippen LogP contribution in [0, 0.1) is 6.92 Å². The quantitative estimate of drug-likeness (QED) is 0.848. The molecule has 27 heavy (non-hydrogen) atoms. The van der Waals surface area contributed by atoms with Gasteiger partial charge in [0.1, 0.15) is 5.82 Å². The summed E-state index contributed by atoms with van der Waals surface area (Å²) in [5.74, 6) is 0.692. The molecule has 1 aromatic heterocycles. The van der Waals surface area contributed by atoms with Crippen molar-refractivity contribution >= 4 is 35.0 Å². The molecule has 142 valence electrons. The third kappa shape index (κ3) is 4.49. The van der Waals surface area contributed by atoms with Crippen LogP contribution < -0.4 is 15.5 Å². The average molecular weight is 388 g/mol. The minimum absolute atomic E-state index is 0.234. The Morgan fingerprint density at radius 3 is 2.52 bits per heavy atom. The molecule has 2 aromatic rings. The van der Waals surface area contributed by atoms with Crippen LogP contribution in [0.1, 0.15) is 16.1 Å². The van der Waals surface area contributed by atoms with Crippen molar-refractivity contribution in [3.8, 4) is 0 Å². The Morgan fingerprint density at radius 1 is 1.11 bits per heavy atom. The van der Waals surface area contributed by atoms with Crippen molar-refractivity contribution in [3.05, 3.63) is 52.7 Å². The number of benzene rings is 1. The molecule has 1 fully saturated rings. The topological polar surface area (TPSA) is 77.6 Å². The molecule has 1 saturated heterocycles. The van der Waals surface area contributed by atoms with Crippen LogP contribution in [-0.4, -0.2) is 55.0 Å². The van der Waals surface area contributed by atoms with Crippen LogP contribution in [0.4, 0.5) is 16.3 Å². The van der Waals surface area contributed by atoms with E-state index in [1.54, 1.807) is 30.1 Å². The second-order valence-electron chi connectivity index (χ2n) is 6.32. The standard InChI is InChI=1S/C19H22ClN5O2/c1-13-4-3-5-17(22-13)24-8-10-25(11-9-24)19(27)23-16-12-14(18(26)21-2)6-7-15(16)20/h3-7,12H,8-11H2,1-2H3,(H,21,26)(H,23,27). The summed E-state index contributed by atoms with van der Waals surface area (Å²) in [5.41, 5.74) is 1.83. The summed E-state index contributed by atoms with van der Waals surface area (Å²) >= 11 is 6.16. The second-order valence-corrected chi connectivity index (χ2v) is 6.72. The Labute approximate surface area is 163 Å². The van der Waals surface area contributed by atoms with Crippen LogP contribution >= 0.6 is 11.6 Å². The number of urea groups is 1. The molecule has 0 radical (unpaired) electrons. The van der Waals surface area contributed by atoms with Crippen LogP contribution in [-0.2, 0) is 0 Å². The number of aryl methyl sites for hydroxylation is 1. The summed E-state index contributed by atoms with van der Waals surface area (Å²) in [6, 6.07) is 10.5. The highest BCUT2D eigenvalue weighted by Crippen LogP contribution is 2.24. The van der Waals surface area contributed by atoms with Crippen LogP contribution in [0.15, 0.2) is 36.4 Å². The molecule has 1 aliphatic rings. The first-order valence-electron chi connectivity index (χ1n) is 8.74. The Hall–Kier alpha value is -2.80. The van der Waals surface area contributed by atoms with Gasteiger partial charge in [0.15, 0.2) is 0 Å². The molecule has 7 nitrogen and oxygen atoms in total. The number of carbonyl (C=O) groups excluding carboxylic acids is 2. The Kier molecular flexibility index (Phi) is 5.81. The van der Waals surface area contributed by atoms with Gasteiger partial charge in [0.2, 0.25) is 0 Å². The Morgan fingerprint density at radius 2 is 1.85 bits per heavy atom. The summed E-state index contributed by atoms with van der Waals surface area (Å²) in [6.07, 6.45) is 0. The first-order valence-corrected chi connectivity index (χ1v) is 9.12. The highest BCUT2D eigenvalue weighted by Gasteiger charge is 2.22. The third-order valence-electron chi connectivity index (χ3n) is 4.46. The number of anilines is 2. The fraction of sp³-hybridized carbons (Fsp3) is 0.316. The fourth-order valence-electron chi connectivity index (χ4n) is 2.94. The van der Waals surface area contributed by atoms with Gasteiger partial charge in [0.25, 0.3) is 5.91 Å². The predicted molar refractivity (Wildman–Crippen MR) is 107 cm³/mol. The van der Waals surface area contributed by atoms with E-state index in [0.29, 0.717) is 42.5 Å². The van der Waals surface area contributed by atoms with Crippen molar-refractivity contribution in [1.82, 2.24) is 15.2 Å². The van der Waals surface area contributed by atoms with Crippen molar-refractivity contribution in [2.24, 2.45) is 0 Å². The fourth-order valence-corrected chi connectivity index (χ4v) is 3.11. The number of carbonyl (C=O) groups is 2. The van der Waals surface area contributed by atoms with E-state index in [0.717, 1.165) is 11.5 Å². The van der Waals surface area contributed by atoms with E-state index < -0.39 is 0 Å². The van der Waals surface area contributed by atoms with Gasteiger partial charge in [-0.25, -0.2) is 9.78 Å². The maximum absolute atomic E-state index is 12.6. The highest BCUT2D eigenvalue weighted by molar-refractivity contribution is 6.33. The number of nitrogens with zero attached hydrogens (tertiary/aromatic N) is 3. The van der Waals surface area contributed by atoms with E-state index in [9.17, 15) is 9.59 Å². The minimum atomic E-state index is -0.235. The summed E-state index contributed by atoms with van der Waals surface area (Å²) in [5, 5.41) is 5.74. The molecular formula is C19H22ClN5O2. The number of piperazine rings is 1. The Bertz CT molecular complexity index is 850. The maximum Gasteiger partial charge on any atom is 0.322 e. The molecule has 0 atom stereocenters. The second kappa shape index (κ2) is 8.26. The molecule has 3 rings (SSSR count). The number of amides is 3. The van der Waals surface area contributed by atoms with E-state index in [1.807, 2.05) is 25.1 Å². The Balaban J connectivity index is 1.62. The molecule has 2 heterocycles. The summed E-state index contributed by atoms with van der Waals surface area (Å²) in [7, 11) is 1.55. The van der Waals surface area contributed by atoms with E-state index in [1.165, 1.54) is 0 Å². The van der Waals surface area contributed by atoms with E-state index in [4.69, 9.17) is 11.6 Å². The molecular weight excluding hydrogens is 366 g/mol. The molecule has 0 bridgehead atoms. The number of hydrogen-bond acceptors (Lipinski definition) is 4. The lowest BCUT2D eigenvalue weighted by Gasteiger charge is -2.35. The predicted octanol–water partition coefficient (Wildman–Crippen LogP) is 2.76. The van der Waals surface area contributed by atoms with Gasteiger partial charge >= 0.3 is 6.03 Å². The summed E-state index contributed by atoms with van der Waals surface area (Å²) in [4.78, 5) is 32.8. The number of nitrogens with one attached hydrogen (secondary N) is 2. The molecule has 8 heteroatoms. The number of hydrogen-bond donors (Lipinski definition) is 2. The van der Waals surface area contributed by atoms with Gasteiger partial charge in [-0.1, -0.05) is 17.7 Å². The van der Waals surface area contributed by atoms with Crippen molar-refractivity contribution in [2.45, 2.75) is 6.92 Å². The zero-order valence-electron chi connectivity index (χ0n) is 15.3. The van der Waals surface area contributed by atoms with Crippen LogP contribution in [0.5, 0.6) is 0 Å². The third-order valence-corrected chi connectivity index (χ3v) is 4.79. The molecule has 0 saturated carbocycles. The lowest BCUT2D eigenvalue weighted by atomic mass is 10.2. The van der Waals surface area contributed by atoms with Crippen LogP contribution in [0.2, 0.25) is 5.02 Å². The van der Waals surface area contributed by atoms with Gasteiger partial charge in [-0.15, -0.1) is 0 Å². The number of halogens is 1. The molecule has 0 unspecified atom stereocenters. The minimum Gasteiger partial charge on any atom is -0.355 e. The van der Waals surface area contributed by atoms with Crippen molar-refractivity contribution in [3.63, 3.8) is 0 Å². The SMILES string of the molecule is CNC(=O)c1ccc(Cl)c(NC(=O)N2CCN(c3cccc(C)n3)CC2)c1. The maximum atomic E-state index is 12.6.